The molecule has 0 spiro atoms. The second-order valence-corrected chi connectivity index (χ2v) is 11.2. The Morgan fingerprint density at radius 3 is 2.00 bits per heavy atom. The maximum atomic E-state index is 4.72. The zero-order valence-corrected chi connectivity index (χ0v) is 24.5. The fraction of sp³-hybridized carbons (Fsp3) is 0.0238. The Hall–Kier alpha value is -5.73. The van der Waals surface area contributed by atoms with E-state index >= 15 is 0 Å². The van der Waals surface area contributed by atoms with Crippen LogP contribution in [-0.2, 0) is 0 Å². The van der Waals surface area contributed by atoms with Gasteiger partial charge in [0, 0.05) is 33.6 Å². The molecular formula is C42H30N2. The van der Waals surface area contributed by atoms with Gasteiger partial charge < -0.3 is 4.57 Å². The molecule has 2 nitrogen and oxygen atoms in total. The second-order valence-electron chi connectivity index (χ2n) is 11.2. The third kappa shape index (κ3) is 4.23. The number of fused-ring (bicyclic) bond motifs is 6. The number of hydrogen-bond donors (Lipinski definition) is 0. The minimum absolute atomic E-state index is 0.934. The van der Waals surface area contributed by atoms with Crippen LogP contribution in [-0.4, -0.2) is 9.55 Å². The van der Waals surface area contributed by atoms with Gasteiger partial charge in [0.15, 0.2) is 0 Å². The zero-order chi connectivity index (χ0) is 29.6. The number of hydrogen-bond acceptors (Lipinski definition) is 1. The zero-order valence-electron chi connectivity index (χ0n) is 24.5. The average molecular weight is 563 g/mol. The summed E-state index contributed by atoms with van der Waals surface area (Å²) in [5.74, 6) is 0. The lowest BCUT2D eigenvalue weighted by Crippen LogP contribution is -1.94. The molecule has 0 fully saturated rings. The second kappa shape index (κ2) is 10.5. The molecular weight excluding hydrogens is 532 g/mol. The molecule has 2 heterocycles. The first kappa shape index (κ1) is 25.9. The van der Waals surface area contributed by atoms with Gasteiger partial charge in [-0.25, -0.2) is 0 Å². The Bertz CT molecular complexity index is 2390. The minimum Gasteiger partial charge on any atom is -0.309 e. The molecule has 2 aromatic heterocycles. The Morgan fingerprint density at radius 1 is 0.591 bits per heavy atom. The van der Waals surface area contributed by atoms with E-state index < -0.39 is 0 Å². The number of rotatable bonds is 5. The monoisotopic (exact) mass is 562 g/mol. The first-order valence-electron chi connectivity index (χ1n) is 15.0. The maximum absolute atomic E-state index is 4.72. The molecule has 0 amide bonds. The summed E-state index contributed by atoms with van der Waals surface area (Å²) < 4.78 is 2.43. The highest BCUT2D eigenvalue weighted by molar-refractivity contribution is 6.19. The van der Waals surface area contributed by atoms with Crippen molar-refractivity contribution in [1.29, 1.82) is 0 Å². The molecule has 0 atom stereocenters. The van der Waals surface area contributed by atoms with Crippen LogP contribution < -0.4 is 0 Å². The van der Waals surface area contributed by atoms with Crippen LogP contribution in [0.5, 0.6) is 0 Å². The van der Waals surface area contributed by atoms with Crippen molar-refractivity contribution in [3.8, 4) is 27.9 Å². The lowest BCUT2D eigenvalue weighted by Gasteiger charge is -2.12. The van der Waals surface area contributed by atoms with Gasteiger partial charge in [0.1, 0.15) is 0 Å². The molecule has 0 N–H and O–H groups in total. The number of para-hydroxylation sites is 1. The predicted octanol–water partition coefficient (Wildman–Crippen LogP) is 11.4. The average Bonchev–Trinajstić information content (AvgIpc) is 3.43. The van der Waals surface area contributed by atoms with Crippen LogP contribution in [0, 0.1) is 0 Å². The number of aromatic nitrogens is 2. The van der Waals surface area contributed by atoms with E-state index in [-0.39, 0.29) is 0 Å². The Morgan fingerprint density at radius 2 is 1.23 bits per heavy atom. The summed E-state index contributed by atoms with van der Waals surface area (Å²) in [4.78, 5) is 4.72. The Balaban J connectivity index is 1.33. The summed E-state index contributed by atoms with van der Waals surface area (Å²) in [6.45, 7) is 5.92. The Labute approximate surface area is 256 Å². The van der Waals surface area contributed by atoms with Crippen LogP contribution in [0.4, 0.5) is 0 Å². The standard InChI is InChI=1S/C42H30N2/c1-3-28(4-2)40-23-19-35(27-43-40)32-16-20-37-34(25-32)18-22-39-38-21-17-33(31-15-14-29-10-8-9-11-30(29)24-31)26-41(38)44(42(37)39)36-12-6-5-7-13-36/h3-27H,1H2,2H3/b28-4+. The van der Waals surface area contributed by atoms with Crippen LogP contribution in [0.1, 0.15) is 12.6 Å². The highest BCUT2D eigenvalue weighted by Crippen LogP contribution is 2.39. The van der Waals surface area contributed by atoms with Gasteiger partial charge >= 0.3 is 0 Å². The molecule has 6 aromatic carbocycles. The van der Waals surface area contributed by atoms with Crippen LogP contribution in [0.15, 0.2) is 158 Å². The largest absolute Gasteiger partial charge is 0.309 e. The third-order valence-corrected chi connectivity index (χ3v) is 8.76. The lowest BCUT2D eigenvalue weighted by atomic mass is 9.98. The van der Waals surface area contributed by atoms with E-state index in [2.05, 4.69) is 145 Å². The van der Waals surface area contributed by atoms with Crippen molar-refractivity contribution in [2.45, 2.75) is 6.92 Å². The number of nitrogens with zero attached hydrogens (tertiary/aromatic N) is 2. The first-order chi connectivity index (χ1) is 21.7. The van der Waals surface area contributed by atoms with Crippen LogP contribution in [0.3, 0.4) is 0 Å². The maximum Gasteiger partial charge on any atom is 0.0698 e. The van der Waals surface area contributed by atoms with Crippen molar-refractivity contribution >= 4 is 48.9 Å². The molecule has 2 heteroatoms. The van der Waals surface area contributed by atoms with E-state index in [0.29, 0.717) is 0 Å². The predicted molar refractivity (Wildman–Crippen MR) is 188 cm³/mol. The highest BCUT2D eigenvalue weighted by Gasteiger charge is 2.16. The summed E-state index contributed by atoms with van der Waals surface area (Å²) in [6, 6.07) is 48.4. The van der Waals surface area contributed by atoms with Gasteiger partial charge in [-0.15, -0.1) is 0 Å². The van der Waals surface area contributed by atoms with Crippen molar-refractivity contribution in [3.05, 3.63) is 164 Å². The fourth-order valence-corrected chi connectivity index (χ4v) is 6.52. The summed E-state index contributed by atoms with van der Waals surface area (Å²) in [6.07, 6.45) is 5.84. The van der Waals surface area contributed by atoms with Crippen molar-refractivity contribution in [2.24, 2.45) is 0 Å². The van der Waals surface area contributed by atoms with Gasteiger partial charge in [-0.1, -0.05) is 116 Å². The number of allylic oxidation sites excluding steroid dienone is 3. The number of pyridine rings is 1. The molecule has 0 aliphatic heterocycles. The molecule has 208 valence electrons. The van der Waals surface area contributed by atoms with E-state index in [0.717, 1.165) is 28.1 Å². The van der Waals surface area contributed by atoms with Crippen molar-refractivity contribution < 1.29 is 0 Å². The van der Waals surface area contributed by atoms with Crippen LogP contribution in [0.25, 0.3) is 76.9 Å². The molecule has 0 saturated carbocycles. The molecule has 0 bridgehead atoms. The molecule has 8 aromatic rings. The quantitative estimate of drug-likeness (QED) is 0.191. The molecule has 0 radical (unpaired) electrons. The molecule has 8 rings (SSSR count). The topological polar surface area (TPSA) is 17.8 Å². The van der Waals surface area contributed by atoms with E-state index in [1.807, 2.05) is 25.3 Å². The molecule has 0 saturated heterocycles. The van der Waals surface area contributed by atoms with E-state index in [9.17, 15) is 0 Å². The van der Waals surface area contributed by atoms with Gasteiger partial charge in [-0.2, -0.15) is 0 Å². The molecule has 0 aliphatic carbocycles. The van der Waals surface area contributed by atoms with Crippen molar-refractivity contribution in [2.75, 3.05) is 0 Å². The first-order valence-corrected chi connectivity index (χ1v) is 15.0. The van der Waals surface area contributed by atoms with E-state index in [1.165, 1.54) is 54.5 Å². The van der Waals surface area contributed by atoms with Crippen molar-refractivity contribution in [3.63, 3.8) is 0 Å². The third-order valence-electron chi connectivity index (χ3n) is 8.76. The smallest absolute Gasteiger partial charge is 0.0698 e. The van der Waals surface area contributed by atoms with E-state index in [1.54, 1.807) is 0 Å². The summed E-state index contributed by atoms with van der Waals surface area (Å²) in [5, 5.41) is 7.45. The van der Waals surface area contributed by atoms with Gasteiger partial charge in [0.05, 0.1) is 16.7 Å². The molecule has 0 aliphatic rings. The van der Waals surface area contributed by atoms with Gasteiger partial charge in [-0.3, -0.25) is 4.98 Å². The normalized spacial score (nSPS) is 12.0. The van der Waals surface area contributed by atoms with Gasteiger partial charge in [-0.05, 0) is 81.7 Å². The minimum atomic E-state index is 0.934. The summed E-state index contributed by atoms with van der Waals surface area (Å²) >= 11 is 0. The van der Waals surface area contributed by atoms with Crippen molar-refractivity contribution in [1.82, 2.24) is 9.55 Å². The van der Waals surface area contributed by atoms with Crippen LogP contribution >= 0.6 is 0 Å². The SMILES string of the molecule is C=C/C(=C\C)c1ccc(-c2ccc3c(ccc4c5ccc(-c6ccc7ccccc7c6)cc5n(-c5ccccc5)c34)c2)cn1. The fourth-order valence-electron chi connectivity index (χ4n) is 6.52. The summed E-state index contributed by atoms with van der Waals surface area (Å²) in [5.41, 5.74) is 10.2. The highest BCUT2D eigenvalue weighted by atomic mass is 15.0. The molecule has 0 unspecified atom stereocenters. The van der Waals surface area contributed by atoms with E-state index in [4.69, 9.17) is 4.98 Å². The lowest BCUT2D eigenvalue weighted by molar-refractivity contribution is 1.19. The van der Waals surface area contributed by atoms with Gasteiger partial charge in [0.25, 0.3) is 0 Å². The van der Waals surface area contributed by atoms with Gasteiger partial charge in [0.2, 0.25) is 0 Å². The van der Waals surface area contributed by atoms with Crippen LogP contribution in [0.2, 0.25) is 0 Å². The number of benzene rings is 6. The Kier molecular flexibility index (Phi) is 6.20. The summed E-state index contributed by atoms with van der Waals surface area (Å²) in [7, 11) is 0. The molecule has 44 heavy (non-hydrogen) atoms.